The van der Waals surface area contributed by atoms with Crippen LogP contribution in [0.1, 0.15) is 91.4 Å². The maximum Gasteiger partial charge on any atom is 0.220 e. The summed E-state index contributed by atoms with van der Waals surface area (Å²) in [5, 5.41) is 2.66. The van der Waals surface area contributed by atoms with Gasteiger partial charge in [-0.05, 0) is 12.8 Å². The highest BCUT2D eigenvalue weighted by atomic mass is 16.2. The van der Waals surface area contributed by atoms with Crippen molar-refractivity contribution in [3.05, 3.63) is 0 Å². The molecular formula is C19H35NO3. The van der Waals surface area contributed by atoms with Crippen LogP contribution in [0.5, 0.6) is 0 Å². The molecule has 0 fully saturated rings. The lowest BCUT2D eigenvalue weighted by molar-refractivity contribution is -0.125. The molecule has 0 saturated heterocycles. The fourth-order valence-corrected chi connectivity index (χ4v) is 2.34. The van der Waals surface area contributed by atoms with Crippen LogP contribution in [0.4, 0.5) is 0 Å². The van der Waals surface area contributed by atoms with E-state index in [0.717, 1.165) is 38.5 Å². The number of Topliss-reactive ketones (excluding diaryl/α,β-unsaturated/α-hetero) is 2. The van der Waals surface area contributed by atoms with E-state index in [1.165, 1.54) is 19.3 Å². The predicted octanol–water partition coefficient (Wildman–Crippen LogP) is 4.21. The van der Waals surface area contributed by atoms with E-state index < -0.39 is 0 Å². The summed E-state index contributed by atoms with van der Waals surface area (Å²) < 4.78 is 0. The largest absolute Gasteiger partial charge is 0.349 e. The van der Waals surface area contributed by atoms with Gasteiger partial charge in [-0.1, -0.05) is 59.3 Å². The fourth-order valence-electron chi connectivity index (χ4n) is 2.34. The predicted molar refractivity (Wildman–Crippen MR) is 94.3 cm³/mol. The number of hydrogen-bond acceptors (Lipinski definition) is 3. The van der Waals surface area contributed by atoms with Crippen molar-refractivity contribution in [1.29, 1.82) is 0 Å². The molecule has 0 unspecified atom stereocenters. The minimum absolute atomic E-state index is 0.0124. The minimum atomic E-state index is -0.0124. The van der Waals surface area contributed by atoms with Crippen molar-refractivity contribution in [2.45, 2.75) is 91.4 Å². The van der Waals surface area contributed by atoms with Crippen molar-refractivity contribution in [3.8, 4) is 0 Å². The minimum Gasteiger partial charge on any atom is -0.349 e. The van der Waals surface area contributed by atoms with Crippen LogP contribution in [0.2, 0.25) is 0 Å². The summed E-state index contributed by atoms with van der Waals surface area (Å²) in [7, 11) is 0. The third kappa shape index (κ3) is 14.2. The summed E-state index contributed by atoms with van der Waals surface area (Å²) in [5.74, 6) is 0.617. The molecule has 0 aromatic rings. The smallest absolute Gasteiger partial charge is 0.220 e. The second-order valence-electron chi connectivity index (χ2n) is 6.62. The third-order valence-corrected chi connectivity index (χ3v) is 4.10. The molecule has 4 heteroatoms. The summed E-state index contributed by atoms with van der Waals surface area (Å²) in [6, 6.07) is 0. The molecule has 0 aliphatic heterocycles. The van der Waals surface area contributed by atoms with Gasteiger partial charge in [-0.15, -0.1) is 0 Å². The number of nitrogens with one attached hydrogen (secondary N) is 1. The van der Waals surface area contributed by atoms with E-state index in [-0.39, 0.29) is 24.2 Å². The van der Waals surface area contributed by atoms with Crippen LogP contribution < -0.4 is 5.32 Å². The van der Waals surface area contributed by atoms with Gasteiger partial charge in [0.05, 0.1) is 6.54 Å². The van der Waals surface area contributed by atoms with Crippen LogP contribution in [0.25, 0.3) is 0 Å². The molecule has 0 saturated carbocycles. The first-order chi connectivity index (χ1) is 11.0. The molecule has 0 atom stereocenters. The maximum absolute atomic E-state index is 11.5. The van der Waals surface area contributed by atoms with Gasteiger partial charge in [0.25, 0.3) is 0 Å². The molecule has 4 nitrogen and oxygen atoms in total. The van der Waals surface area contributed by atoms with Gasteiger partial charge < -0.3 is 5.32 Å². The van der Waals surface area contributed by atoms with Gasteiger partial charge in [-0.3, -0.25) is 14.4 Å². The van der Waals surface area contributed by atoms with Crippen molar-refractivity contribution >= 4 is 17.5 Å². The average molecular weight is 325 g/mol. The van der Waals surface area contributed by atoms with Crippen LogP contribution in [0, 0.1) is 5.92 Å². The molecule has 0 rings (SSSR count). The van der Waals surface area contributed by atoms with Gasteiger partial charge in [0.15, 0.2) is 5.78 Å². The average Bonchev–Trinajstić information content (AvgIpc) is 2.53. The normalized spacial score (nSPS) is 10.8. The van der Waals surface area contributed by atoms with Crippen molar-refractivity contribution in [2.24, 2.45) is 5.92 Å². The second-order valence-corrected chi connectivity index (χ2v) is 6.62. The van der Waals surface area contributed by atoms with Crippen LogP contribution in [0.3, 0.4) is 0 Å². The molecule has 0 aromatic carbocycles. The Morgan fingerprint density at radius 2 is 1.26 bits per heavy atom. The number of carbonyl (C=O) groups excluding carboxylic acids is 3. The number of ketones is 2. The number of amides is 1. The Bertz CT molecular complexity index is 351. The molecule has 0 bridgehead atoms. The molecule has 0 aliphatic carbocycles. The third-order valence-electron chi connectivity index (χ3n) is 4.10. The quantitative estimate of drug-likeness (QED) is 0.459. The Labute approximate surface area is 141 Å². The van der Waals surface area contributed by atoms with Gasteiger partial charge in [0.1, 0.15) is 5.78 Å². The van der Waals surface area contributed by atoms with Crippen molar-refractivity contribution in [1.82, 2.24) is 5.32 Å². The highest BCUT2D eigenvalue weighted by Crippen LogP contribution is 2.12. The summed E-state index contributed by atoms with van der Waals surface area (Å²) in [5.41, 5.74) is 0. The van der Waals surface area contributed by atoms with E-state index in [1.807, 2.05) is 13.8 Å². The zero-order valence-corrected chi connectivity index (χ0v) is 15.3. The first-order valence-corrected chi connectivity index (χ1v) is 9.28. The van der Waals surface area contributed by atoms with Crippen molar-refractivity contribution < 1.29 is 14.4 Å². The highest BCUT2D eigenvalue weighted by molar-refractivity contribution is 5.85. The van der Waals surface area contributed by atoms with Crippen molar-refractivity contribution in [2.75, 3.05) is 6.54 Å². The zero-order valence-electron chi connectivity index (χ0n) is 15.3. The van der Waals surface area contributed by atoms with E-state index in [1.54, 1.807) is 6.92 Å². The molecular weight excluding hydrogens is 290 g/mol. The van der Waals surface area contributed by atoms with Crippen LogP contribution in [-0.2, 0) is 14.4 Å². The Morgan fingerprint density at radius 3 is 1.74 bits per heavy atom. The molecule has 0 aliphatic rings. The first-order valence-electron chi connectivity index (χ1n) is 9.28. The SMILES string of the molecule is CCC(=O)CNC(=O)CCCCCCCCCCC(=O)C(C)C. The number of unbranched alkanes of at least 4 members (excludes halogenated alkanes) is 7. The van der Waals surface area contributed by atoms with E-state index in [9.17, 15) is 14.4 Å². The maximum atomic E-state index is 11.5. The lowest BCUT2D eigenvalue weighted by atomic mass is 10.0. The monoisotopic (exact) mass is 325 g/mol. The number of hydrogen-bond donors (Lipinski definition) is 1. The summed E-state index contributed by atoms with van der Waals surface area (Å²) in [6.45, 7) is 5.90. The van der Waals surface area contributed by atoms with E-state index >= 15 is 0 Å². The number of carbonyl (C=O) groups is 3. The molecule has 0 spiro atoms. The number of rotatable bonds is 15. The highest BCUT2D eigenvalue weighted by Gasteiger charge is 2.06. The summed E-state index contributed by atoms with van der Waals surface area (Å²) in [4.78, 5) is 34.0. The molecule has 134 valence electrons. The van der Waals surface area contributed by atoms with Crippen molar-refractivity contribution in [3.63, 3.8) is 0 Å². The Kier molecular flexibility index (Phi) is 13.7. The van der Waals surface area contributed by atoms with Crippen LogP contribution in [-0.4, -0.2) is 24.0 Å². The Hall–Kier alpha value is -1.19. The van der Waals surface area contributed by atoms with Gasteiger partial charge in [0, 0.05) is 25.2 Å². The van der Waals surface area contributed by atoms with Crippen LogP contribution >= 0.6 is 0 Å². The molecule has 0 aromatic heterocycles. The molecule has 1 amide bonds. The van der Waals surface area contributed by atoms with Gasteiger partial charge in [-0.2, -0.15) is 0 Å². The molecule has 0 heterocycles. The zero-order chi connectivity index (χ0) is 17.5. The molecule has 1 N–H and O–H groups in total. The standard InChI is InChI=1S/C19H35NO3/c1-4-17(21)15-20-19(23)14-12-10-8-6-5-7-9-11-13-18(22)16(2)3/h16H,4-15H2,1-3H3,(H,20,23). The molecule has 23 heavy (non-hydrogen) atoms. The van der Waals surface area contributed by atoms with E-state index in [2.05, 4.69) is 5.32 Å². The van der Waals surface area contributed by atoms with Gasteiger partial charge >= 0.3 is 0 Å². The summed E-state index contributed by atoms with van der Waals surface area (Å²) in [6.07, 6.45) is 10.6. The summed E-state index contributed by atoms with van der Waals surface area (Å²) >= 11 is 0. The topological polar surface area (TPSA) is 63.2 Å². The van der Waals surface area contributed by atoms with Gasteiger partial charge in [0.2, 0.25) is 5.91 Å². The first kappa shape index (κ1) is 21.8. The lowest BCUT2D eigenvalue weighted by Gasteiger charge is -2.05. The molecule has 0 radical (unpaired) electrons. The Balaban J connectivity index is 3.29. The van der Waals surface area contributed by atoms with E-state index in [4.69, 9.17) is 0 Å². The lowest BCUT2D eigenvalue weighted by Crippen LogP contribution is -2.28. The van der Waals surface area contributed by atoms with E-state index in [0.29, 0.717) is 18.6 Å². The Morgan fingerprint density at radius 1 is 0.783 bits per heavy atom. The van der Waals surface area contributed by atoms with Crippen LogP contribution in [0.15, 0.2) is 0 Å². The second kappa shape index (κ2) is 14.4. The van der Waals surface area contributed by atoms with Gasteiger partial charge in [-0.25, -0.2) is 0 Å². The fraction of sp³-hybridized carbons (Fsp3) is 0.842.